The Morgan fingerprint density at radius 2 is 1.90 bits per heavy atom. The fourth-order valence-electron chi connectivity index (χ4n) is 1.61. The number of hydrogen-bond acceptors (Lipinski definition) is 5. The molecule has 0 saturated carbocycles. The molecular weight excluding hydrogens is 292 g/mol. The van der Waals surface area contributed by atoms with Crippen LogP contribution in [0.4, 0.5) is 16.2 Å². The molecule has 3 N–H and O–H groups in total. The molecule has 1 aromatic heterocycles. The molecule has 0 aliphatic heterocycles. The topological polar surface area (TPSA) is 87.7 Å². The van der Waals surface area contributed by atoms with Crippen LogP contribution in [0.3, 0.4) is 0 Å². The van der Waals surface area contributed by atoms with Crippen LogP contribution in [-0.4, -0.2) is 24.3 Å². The first kappa shape index (κ1) is 14.9. The number of hydrogen-bond donors (Lipinski definition) is 3. The van der Waals surface area contributed by atoms with E-state index in [1.165, 1.54) is 18.4 Å². The number of aromatic carboxylic acids is 1. The lowest BCUT2D eigenvalue weighted by Crippen LogP contribution is -2.10. The van der Waals surface area contributed by atoms with Gasteiger partial charge in [-0.2, -0.15) is 0 Å². The predicted octanol–water partition coefficient (Wildman–Crippen LogP) is 3.24. The first-order valence-corrected chi connectivity index (χ1v) is 6.96. The molecule has 0 radical (unpaired) electrons. The number of ether oxygens (including phenoxy) is 1. The number of carbonyl (C=O) groups excluding carboxylic acids is 1. The normalized spacial score (nSPS) is 9.95. The maximum Gasteiger partial charge on any atom is 0.411 e. The summed E-state index contributed by atoms with van der Waals surface area (Å²) in [6, 6.07) is 8.77. The molecule has 1 heterocycles. The van der Waals surface area contributed by atoms with E-state index in [2.05, 4.69) is 15.4 Å². The van der Waals surface area contributed by atoms with Crippen LogP contribution in [0, 0.1) is 0 Å². The lowest BCUT2D eigenvalue weighted by atomic mass is 10.2. The molecule has 6 nitrogen and oxygen atoms in total. The van der Waals surface area contributed by atoms with Gasteiger partial charge in [-0.3, -0.25) is 5.32 Å². The van der Waals surface area contributed by atoms with Gasteiger partial charge in [0.25, 0.3) is 0 Å². The molecule has 21 heavy (non-hydrogen) atoms. The number of benzene rings is 1. The van der Waals surface area contributed by atoms with Crippen molar-refractivity contribution in [1.82, 2.24) is 0 Å². The van der Waals surface area contributed by atoms with Crippen molar-refractivity contribution in [2.24, 2.45) is 0 Å². The second kappa shape index (κ2) is 6.76. The Morgan fingerprint density at radius 3 is 2.48 bits per heavy atom. The minimum Gasteiger partial charge on any atom is -0.478 e. The van der Waals surface area contributed by atoms with Gasteiger partial charge in [0.05, 0.1) is 12.7 Å². The van der Waals surface area contributed by atoms with E-state index in [1.807, 2.05) is 12.1 Å². The Morgan fingerprint density at radius 1 is 1.24 bits per heavy atom. The minimum atomic E-state index is -0.921. The number of thiophene rings is 1. The summed E-state index contributed by atoms with van der Waals surface area (Å²) < 4.78 is 4.50. The van der Waals surface area contributed by atoms with E-state index in [0.717, 1.165) is 10.6 Å². The third-order valence-corrected chi connectivity index (χ3v) is 3.62. The number of carboxylic acid groups (broad SMARTS) is 1. The summed E-state index contributed by atoms with van der Waals surface area (Å²) in [5, 5.41) is 16.2. The number of methoxy groups -OCH3 is 1. The van der Waals surface area contributed by atoms with E-state index in [9.17, 15) is 9.59 Å². The largest absolute Gasteiger partial charge is 0.478 e. The minimum absolute atomic E-state index is 0.300. The number of amides is 1. The van der Waals surface area contributed by atoms with Crippen LogP contribution in [0.1, 0.15) is 15.2 Å². The van der Waals surface area contributed by atoms with Crippen molar-refractivity contribution in [2.45, 2.75) is 6.54 Å². The lowest BCUT2D eigenvalue weighted by Gasteiger charge is -2.07. The number of rotatable bonds is 5. The summed E-state index contributed by atoms with van der Waals surface area (Å²) in [6.07, 6.45) is -0.518. The SMILES string of the molecule is COC(=O)Nc1ccc(NCc2cc(C(=O)O)cs2)cc1. The van der Waals surface area contributed by atoms with Gasteiger partial charge in [-0.15, -0.1) is 11.3 Å². The molecule has 110 valence electrons. The molecule has 2 rings (SSSR count). The summed E-state index contributed by atoms with van der Waals surface area (Å²) in [4.78, 5) is 22.8. The molecular formula is C14H14N2O4S. The van der Waals surface area contributed by atoms with Crippen molar-refractivity contribution < 1.29 is 19.4 Å². The zero-order valence-corrected chi connectivity index (χ0v) is 12.1. The summed E-state index contributed by atoms with van der Waals surface area (Å²) in [5.41, 5.74) is 1.81. The quantitative estimate of drug-likeness (QED) is 0.789. The molecule has 0 aliphatic carbocycles. The van der Waals surface area contributed by atoms with Gasteiger partial charge in [0, 0.05) is 28.2 Å². The monoisotopic (exact) mass is 306 g/mol. The highest BCUT2D eigenvalue weighted by atomic mass is 32.1. The van der Waals surface area contributed by atoms with Gasteiger partial charge in [0.1, 0.15) is 0 Å². The molecule has 0 spiro atoms. The van der Waals surface area contributed by atoms with E-state index in [4.69, 9.17) is 5.11 Å². The van der Waals surface area contributed by atoms with Gasteiger partial charge in [-0.25, -0.2) is 9.59 Å². The van der Waals surface area contributed by atoms with E-state index in [-0.39, 0.29) is 0 Å². The summed E-state index contributed by atoms with van der Waals surface area (Å²) in [5.74, 6) is -0.921. The van der Waals surface area contributed by atoms with Crippen molar-refractivity contribution in [1.29, 1.82) is 0 Å². The highest BCUT2D eigenvalue weighted by molar-refractivity contribution is 7.10. The van der Waals surface area contributed by atoms with E-state index in [1.54, 1.807) is 23.6 Å². The van der Waals surface area contributed by atoms with Crippen molar-refractivity contribution in [3.05, 3.63) is 46.2 Å². The second-order valence-corrected chi connectivity index (χ2v) is 5.15. The number of nitrogens with one attached hydrogen (secondary N) is 2. The average Bonchev–Trinajstić information content (AvgIpc) is 2.95. The fourth-order valence-corrected chi connectivity index (χ4v) is 2.41. The van der Waals surface area contributed by atoms with Crippen molar-refractivity contribution in [2.75, 3.05) is 17.7 Å². The van der Waals surface area contributed by atoms with Crippen molar-refractivity contribution >= 4 is 34.8 Å². The molecule has 1 aromatic carbocycles. The summed E-state index contributed by atoms with van der Waals surface area (Å²) >= 11 is 1.39. The maximum atomic E-state index is 11.0. The standard InChI is InChI=1S/C14H14N2O4S/c1-20-14(19)16-11-4-2-10(3-5-11)15-7-12-6-9(8-21-12)13(17)18/h2-6,8,15H,7H2,1H3,(H,16,19)(H,17,18). The predicted molar refractivity (Wildman–Crippen MR) is 81.1 cm³/mol. The van der Waals surface area contributed by atoms with E-state index >= 15 is 0 Å². The third-order valence-electron chi connectivity index (χ3n) is 2.68. The van der Waals surface area contributed by atoms with Gasteiger partial charge in [-0.05, 0) is 30.3 Å². The zero-order valence-electron chi connectivity index (χ0n) is 11.3. The summed E-state index contributed by atoms with van der Waals surface area (Å²) in [6.45, 7) is 0.543. The zero-order chi connectivity index (χ0) is 15.2. The van der Waals surface area contributed by atoms with Crippen LogP contribution in [0.15, 0.2) is 35.7 Å². The molecule has 7 heteroatoms. The highest BCUT2D eigenvalue weighted by Crippen LogP contribution is 2.18. The highest BCUT2D eigenvalue weighted by Gasteiger charge is 2.06. The molecule has 2 aromatic rings. The first-order valence-electron chi connectivity index (χ1n) is 6.08. The van der Waals surface area contributed by atoms with Crippen molar-refractivity contribution in [3.63, 3.8) is 0 Å². The Hall–Kier alpha value is -2.54. The van der Waals surface area contributed by atoms with Crippen LogP contribution < -0.4 is 10.6 Å². The molecule has 0 bridgehead atoms. The van der Waals surface area contributed by atoms with Gasteiger partial charge in [0.15, 0.2) is 0 Å². The third kappa shape index (κ3) is 4.22. The van der Waals surface area contributed by atoms with E-state index in [0.29, 0.717) is 17.8 Å². The second-order valence-electron chi connectivity index (χ2n) is 4.15. The van der Waals surface area contributed by atoms with Crippen LogP contribution in [-0.2, 0) is 11.3 Å². The van der Waals surface area contributed by atoms with Gasteiger partial charge < -0.3 is 15.2 Å². The van der Waals surface area contributed by atoms with Crippen LogP contribution in [0.25, 0.3) is 0 Å². The smallest absolute Gasteiger partial charge is 0.411 e. The lowest BCUT2D eigenvalue weighted by molar-refractivity contribution is 0.0697. The Balaban J connectivity index is 1.91. The van der Waals surface area contributed by atoms with Crippen molar-refractivity contribution in [3.8, 4) is 0 Å². The van der Waals surface area contributed by atoms with Crippen LogP contribution >= 0.6 is 11.3 Å². The van der Waals surface area contributed by atoms with Crippen LogP contribution in [0.5, 0.6) is 0 Å². The van der Waals surface area contributed by atoms with Crippen LogP contribution in [0.2, 0.25) is 0 Å². The average molecular weight is 306 g/mol. The van der Waals surface area contributed by atoms with Gasteiger partial charge >= 0.3 is 12.1 Å². The maximum absolute atomic E-state index is 11.0. The van der Waals surface area contributed by atoms with Gasteiger partial charge in [-0.1, -0.05) is 0 Å². The number of carboxylic acids is 1. The Bertz CT molecular complexity index is 637. The molecule has 0 saturated heterocycles. The van der Waals surface area contributed by atoms with E-state index < -0.39 is 12.1 Å². The molecule has 0 unspecified atom stereocenters. The Labute approximate surface area is 125 Å². The number of anilines is 2. The van der Waals surface area contributed by atoms with Gasteiger partial charge in [0.2, 0.25) is 0 Å². The first-order chi connectivity index (χ1) is 10.1. The molecule has 0 fully saturated rings. The molecule has 0 atom stereocenters. The molecule has 0 aliphatic rings. The fraction of sp³-hybridized carbons (Fsp3) is 0.143. The number of carbonyl (C=O) groups is 2. The molecule has 1 amide bonds. The summed E-state index contributed by atoms with van der Waals surface area (Å²) in [7, 11) is 1.30. The Kier molecular flexibility index (Phi) is 4.78.